The number of non-ortho nitro benzene ring substituents is 1. The molecule has 0 saturated carbocycles. The first-order valence-corrected chi connectivity index (χ1v) is 7.24. The molecular formula is C17H12FN3O4. The minimum Gasteiger partial charge on any atom is -0.360 e. The lowest BCUT2D eigenvalue weighted by Crippen LogP contribution is -2.14. The molecular weight excluding hydrogens is 329 g/mol. The Labute approximate surface area is 141 Å². The van der Waals surface area contributed by atoms with E-state index in [0.717, 1.165) is 18.2 Å². The molecule has 25 heavy (non-hydrogen) atoms. The summed E-state index contributed by atoms with van der Waals surface area (Å²) in [7, 11) is 0. The molecule has 0 fully saturated rings. The van der Waals surface area contributed by atoms with E-state index in [1.54, 1.807) is 31.2 Å². The van der Waals surface area contributed by atoms with Crippen molar-refractivity contribution in [2.75, 3.05) is 5.32 Å². The highest BCUT2D eigenvalue weighted by atomic mass is 19.1. The van der Waals surface area contributed by atoms with Crippen LogP contribution >= 0.6 is 0 Å². The summed E-state index contributed by atoms with van der Waals surface area (Å²) in [6, 6.07) is 11.8. The molecule has 0 aliphatic heterocycles. The number of benzene rings is 2. The summed E-state index contributed by atoms with van der Waals surface area (Å²) < 4.78 is 19.0. The number of aromatic nitrogens is 1. The first kappa shape index (κ1) is 16.3. The van der Waals surface area contributed by atoms with Gasteiger partial charge in [0.2, 0.25) is 0 Å². The van der Waals surface area contributed by atoms with Crippen LogP contribution in [0, 0.1) is 22.9 Å². The van der Waals surface area contributed by atoms with Gasteiger partial charge in [-0.05, 0) is 13.0 Å². The number of nitrogens with one attached hydrogen (secondary N) is 1. The van der Waals surface area contributed by atoms with Crippen molar-refractivity contribution < 1.29 is 18.6 Å². The van der Waals surface area contributed by atoms with Gasteiger partial charge in [0.1, 0.15) is 22.8 Å². The van der Waals surface area contributed by atoms with Crippen LogP contribution in [0.25, 0.3) is 11.3 Å². The van der Waals surface area contributed by atoms with Gasteiger partial charge in [-0.15, -0.1) is 0 Å². The first-order valence-electron chi connectivity index (χ1n) is 7.24. The number of nitro benzene ring substituents is 1. The predicted molar refractivity (Wildman–Crippen MR) is 87.7 cm³/mol. The van der Waals surface area contributed by atoms with Crippen LogP contribution < -0.4 is 5.32 Å². The summed E-state index contributed by atoms with van der Waals surface area (Å²) in [5.41, 5.74) is 0.475. The summed E-state index contributed by atoms with van der Waals surface area (Å²) in [4.78, 5) is 22.7. The van der Waals surface area contributed by atoms with Crippen LogP contribution in [-0.4, -0.2) is 16.0 Å². The van der Waals surface area contributed by atoms with Crippen LogP contribution in [0.1, 0.15) is 16.1 Å². The summed E-state index contributed by atoms with van der Waals surface area (Å²) in [5.74, 6) is -1.20. The van der Waals surface area contributed by atoms with E-state index in [9.17, 15) is 19.3 Å². The number of anilines is 1. The number of amides is 1. The number of carbonyl (C=O) groups excluding carboxylic acids is 1. The molecule has 126 valence electrons. The lowest BCUT2D eigenvalue weighted by Gasteiger charge is -2.07. The van der Waals surface area contributed by atoms with Crippen molar-refractivity contribution in [3.05, 3.63) is 75.8 Å². The van der Waals surface area contributed by atoms with Gasteiger partial charge in [0.05, 0.1) is 10.6 Å². The fourth-order valence-corrected chi connectivity index (χ4v) is 2.34. The van der Waals surface area contributed by atoms with Crippen molar-refractivity contribution in [1.82, 2.24) is 5.16 Å². The van der Waals surface area contributed by atoms with Crippen molar-refractivity contribution >= 4 is 17.3 Å². The minimum absolute atomic E-state index is 0.136. The normalized spacial score (nSPS) is 10.5. The maximum Gasteiger partial charge on any atom is 0.271 e. The number of nitro groups is 1. The van der Waals surface area contributed by atoms with Crippen molar-refractivity contribution in [2.45, 2.75) is 6.92 Å². The zero-order valence-corrected chi connectivity index (χ0v) is 13.0. The molecule has 0 bridgehead atoms. The SMILES string of the molecule is Cc1onc(-c2ccccc2)c1C(=O)Nc1cc([N+](=O)[O-])ccc1F. The van der Waals surface area contributed by atoms with E-state index in [-0.39, 0.29) is 22.7 Å². The number of aryl methyl sites for hydroxylation is 1. The van der Waals surface area contributed by atoms with E-state index >= 15 is 0 Å². The maximum atomic E-state index is 13.9. The summed E-state index contributed by atoms with van der Waals surface area (Å²) in [6.45, 7) is 1.55. The van der Waals surface area contributed by atoms with E-state index in [1.807, 2.05) is 6.07 Å². The Bertz CT molecular complexity index is 954. The Balaban J connectivity index is 1.97. The number of rotatable bonds is 4. The molecule has 0 aliphatic rings. The average molecular weight is 341 g/mol. The van der Waals surface area contributed by atoms with Crippen molar-refractivity contribution in [3.8, 4) is 11.3 Å². The molecule has 3 rings (SSSR count). The lowest BCUT2D eigenvalue weighted by atomic mass is 10.1. The van der Waals surface area contributed by atoms with Gasteiger partial charge in [0.25, 0.3) is 11.6 Å². The number of carbonyl (C=O) groups is 1. The van der Waals surface area contributed by atoms with E-state index < -0.39 is 16.6 Å². The van der Waals surface area contributed by atoms with Crippen LogP contribution in [0.2, 0.25) is 0 Å². The van der Waals surface area contributed by atoms with Gasteiger partial charge in [-0.25, -0.2) is 4.39 Å². The van der Waals surface area contributed by atoms with Crippen LogP contribution in [0.5, 0.6) is 0 Å². The highest BCUT2D eigenvalue weighted by Gasteiger charge is 2.23. The second kappa shape index (κ2) is 6.52. The van der Waals surface area contributed by atoms with Gasteiger partial charge in [-0.3, -0.25) is 14.9 Å². The van der Waals surface area contributed by atoms with Gasteiger partial charge in [-0.1, -0.05) is 35.5 Å². The number of nitrogens with zero attached hydrogens (tertiary/aromatic N) is 2. The summed E-state index contributed by atoms with van der Waals surface area (Å²) >= 11 is 0. The monoisotopic (exact) mass is 341 g/mol. The Hall–Kier alpha value is -3.55. The molecule has 1 aromatic heterocycles. The van der Waals surface area contributed by atoms with Crippen molar-refractivity contribution in [3.63, 3.8) is 0 Å². The molecule has 7 nitrogen and oxygen atoms in total. The largest absolute Gasteiger partial charge is 0.360 e. The molecule has 0 atom stereocenters. The Morgan fingerprint density at radius 3 is 2.64 bits per heavy atom. The molecule has 8 heteroatoms. The standard InChI is InChI=1S/C17H12FN3O4/c1-10-15(16(20-25-10)11-5-3-2-4-6-11)17(22)19-14-9-12(21(23)24)7-8-13(14)18/h2-9H,1H3,(H,19,22). The van der Waals surface area contributed by atoms with Gasteiger partial charge in [0, 0.05) is 17.7 Å². The predicted octanol–water partition coefficient (Wildman–Crippen LogP) is 3.95. The number of halogens is 1. The highest BCUT2D eigenvalue weighted by Crippen LogP contribution is 2.27. The van der Waals surface area contributed by atoms with Gasteiger partial charge >= 0.3 is 0 Å². The summed E-state index contributed by atoms with van der Waals surface area (Å²) in [6.07, 6.45) is 0. The number of hydrogen-bond donors (Lipinski definition) is 1. The molecule has 2 aromatic carbocycles. The van der Waals surface area contributed by atoms with E-state index in [4.69, 9.17) is 4.52 Å². The second-order valence-electron chi connectivity index (χ2n) is 5.20. The van der Waals surface area contributed by atoms with Gasteiger partial charge in [0.15, 0.2) is 0 Å². The van der Waals surface area contributed by atoms with E-state index in [2.05, 4.69) is 10.5 Å². The third kappa shape index (κ3) is 3.23. The van der Waals surface area contributed by atoms with Gasteiger partial charge in [-0.2, -0.15) is 0 Å². The molecule has 0 spiro atoms. The molecule has 0 saturated heterocycles. The fourth-order valence-electron chi connectivity index (χ4n) is 2.34. The lowest BCUT2D eigenvalue weighted by molar-refractivity contribution is -0.384. The topological polar surface area (TPSA) is 98.3 Å². The van der Waals surface area contributed by atoms with E-state index in [1.165, 1.54) is 0 Å². The van der Waals surface area contributed by atoms with Crippen molar-refractivity contribution in [1.29, 1.82) is 0 Å². The van der Waals surface area contributed by atoms with Gasteiger partial charge < -0.3 is 9.84 Å². The maximum absolute atomic E-state index is 13.9. The van der Waals surface area contributed by atoms with Crippen LogP contribution in [0.3, 0.4) is 0 Å². The Morgan fingerprint density at radius 2 is 1.96 bits per heavy atom. The average Bonchev–Trinajstić information content (AvgIpc) is 2.99. The molecule has 0 unspecified atom stereocenters. The Kier molecular flexibility index (Phi) is 4.25. The number of hydrogen-bond acceptors (Lipinski definition) is 5. The molecule has 3 aromatic rings. The van der Waals surface area contributed by atoms with Crippen molar-refractivity contribution in [2.24, 2.45) is 0 Å². The van der Waals surface area contributed by atoms with E-state index in [0.29, 0.717) is 11.3 Å². The fraction of sp³-hybridized carbons (Fsp3) is 0.0588. The second-order valence-corrected chi connectivity index (χ2v) is 5.20. The molecule has 0 radical (unpaired) electrons. The third-order valence-electron chi connectivity index (χ3n) is 3.55. The summed E-state index contributed by atoms with van der Waals surface area (Å²) in [5, 5.41) is 17.0. The highest BCUT2D eigenvalue weighted by molar-refractivity contribution is 6.08. The first-order chi connectivity index (χ1) is 12.0. The molecule has 1 heterocycles. The molecule has 1 N–H and O–H groups in total. The van der Waals surface area contributed by atoms with Crippen LogP contribution in [0.15, 0.2) is 53.1 Å². The van der Waals surface area contributed by atoms with Crippen LogP contribution in [-0.2, 0) is 0 Å². The third-order valence-corrected chi connectivity index (χ3v) is 3.55. The smallest absolute Gasteiger partial charge is 0.271 e. The quantitative estimate of drug-likeness (QED) is 0.572. The zero-order valence-electron chi connectivity index (χ0n) is 13.0. The molecule has 0 aliphatic carbocycles. The minimum atomic E-state index is -0.783. The zero-order chi connectivity index (χ0) is 18.0. The molecule has 1 amide bonds. The van der Waals surface area contributed by atoms with Crippen LogP contribution in [0.4, 0.5) is 15.8 Å². The Morgan fingerprint density at radius 1 is 1.24 bits per heavy atom.